The molecule has 3 amide bonds. The minimum Gasteiger partial charge on any atom is -0.455 e. The molecule has 1 spiro atoms. The average molecular weight is 808 g/mol. The lowest BCUT2D eigenvalue weighted by molar-refractivity contribution is -0.162. The van der Waals surface area contributed by atoms with Gasteiger partial charge in [0.05, 0.1) is 31.2 Å². The van der Waals surface area contributed by atoms with Crippen LogP contribution in [0.3, 0.4) is 0 Å². The van der Waals surface area contributed by atoms with E-state index in [9.17, 15) is 19.5 Å². The molecule has 0 aliphatic carbocycles. The number of amides is 3. The molecule has 2 aromatic carbocycles. The van der Waals surface area contributed by atoms with E-state index < -0.39 is 72.2 Å². The molecule has 2 saturated heterocycles. The molecule has 0 radical (unpaired) electrons. The number of nitrogens with zero attached hydrogens (tertiary/aromatic N) is 3. The van der Waals surface area contributed by atoms with Gasteiger partial charge in [0.1, 0.15) is 29.8 Å². The second-order valence-electron chi connectivity index (χ2n) is 14.6. The Hall–Kier alpha value is -4.04. The average Bonchev–Trinajstić information content (AvgIpc) is 3.76. The lowest BCUT2D eigenvalue weighted by Gasteiger charge is -2.40. The van der Waals surface area contributed by atoms with Gasteiger partial charge in [-0.15, -0.1) is 0 Å². The Morgan fingerprint density at radius 2 is 1.70 bits per heavy atom. The number of aliphatic hydroxyl groups excluding tert-OH is 1. The SMILES string of the molecule is CCN(CC)c1ccc(N2C/C=C\CCC(=O)N[C@@H](COC)[C@H](c3ccccc3)OC(=O)[C@H]3[C@@H]4O[C@@]5(C=C4Br)[C@@H]3C(=O)N([C@@H](CO)C(C)C)[C@@H]5C2=O)cc1. The van der Waals surface area contributed by atoms with Gasteiger partial charge < -0.3 is 39.3 Å². The Balaban J connectivity index is 1.50. The van der Waals surface area contributed by atoms with E-state index in [4.69, 9.17) is 14.2 Å². The first kappa shape index (κ1) is 39.6. The van der Waals surface area contributed by atoms with Crippen molar-refractivity contribution in [3.63, 3.8) is 0 Å². The highest BCUT2D eigenvalue weighted by Gasteiger charge is 2.75. The van der Waals surface area contributed by atoms with Crippen molar-refractivity contribution in [1.82, 2.24) is 10.2 Å². The molecule has 0 unspecified atom stereocenters. The Morgan fingerprint density at radius 3 is 2.33 bits per heavy atom. The van der Waals surface area contributed by atoms with E-state index in [0.29, 0.717) is 22.2 Å². The third-order valence-electron chi connectivity index (χ3n) is 11.2. The van der Waals surface area contributed by atoms with Gasteiger partial charge >= 0.3 is 5.97 Å². The first-order valence-electron chi connectivity index (χ1n) is 18.8. The fourth-order valence-electron chi connectivity index (χ4n) is 8.49. The molecule has 6 rings (SSSR count). The summed E-state index contributed by atoms with van der Waals surface area (Å²) in [6.07, 6.45) is 4.13. The van der Waals surface area contributed by atoms with Gasteiger partial charge in [-0.1, -0.05) is 72.3 Å². The Bertz CT molecular complexity index is 1750. The van der Waals surface area contributed by atoms with Crippen LogP contribution in [0.4, 0.5) is 11.4 Å². The zero-order chi connectivity index (χ0) is 38.7. The number of aliphatic hydroxyl groups is 1. The summed E-state index contributed by atoms with van der Waals surface area (Å²) in [7, 11) is 1.51. The van der Waals surface area contributed by atoms with Gasteiger partial charge in [-0.25, -0.2) is 0 Å². The molecule has 4 aliphatic heterocycles. The molecule has 290 valence electrons. The van der Waals surface area contributed by atoms with Crippen molar-refractivity contribution in [1.29, 1.82) is 0 Å². The maximum atomic E-state index is 15.3. The summed E-state index contributed by atoms with van der Waals surface area (Å²) in [6.45, 7) is 9.36. The zero-order valence-electron chi connectivity index (χ0n) is 31.5. The number of carbonyl (C=O) groups excluding carboxylic acids is 4. The van der Waals surface area contributed by atoms with Crippen molar-refractivity contribution in [3.05, 3.63) is 82.9 Å². The maximum absolute atomic E-state index is 15.3. The van der Waals surface area contributed by atoms with Crippen LogP contribution in [0.5, 0.6) is 0 Å². The van der Waals surface area contributed by atoms with Crippen LogP contribution >= 0.6 is 15.9 Å². The van der Waals surface area contributed by atoms with Crippen LogP contribution in [-0.4, -0.2) is 103 Å². The summed E-state index contributed by atoms with van der Waals surface area (Å²) >= 11 is 3.63. The van der Waals surface area contributed by atoms with E-state index in [1.165, 1.54) is 12.0 Å². The smallest absolute Gasteiger partial charge is 0.313 e. The van der Waals surface area contributed by atoms with E-state index in [0.717, 1.165) is 18.8 Å². The van der Waals surface area contributed by atoms with Gasteiger partial charge in [-0.3, -0.25) is 19.2 Å². The number of benzene rings is 2. The van der Waals surface area contributed by atoms with Crippen LogP contribution < -0.4 is 15.1 Å². The molecule has 4 heterocycles. The summed E-state index contributed by atoms with van der Waals surface area (Å²) in [5, 5.41) is 13.8. The van der Waals surface area contributed by atoms with Crippen LogP contribution in [0.1, 0.15) is 52.2 Å². The summed E-state index contributed by atoms with van der Waals surface area (Å²) in [5.41, 5.74) is 0.706. The molecule has 2 N–H and O–H groups in total. The normalized spacial score (nSPS) is 29.9. The van der Waals surface area contributed by atoms with Crippen molar-refractivity contribution < 1.29 is 38.5 Å². The number of halogens is 1. The number of carbonyl (C=O) groups is 4. The predicted octanol–water partition coefficient (Wildman–Crippen LogP) is 4.52. The monoisotopic (exact) mass is 806 g/mol. The van der Waals surface area contributed by atoms with E-state index in [1.54, 1.807) is 23.1 Å². The zero-order valence-corrected chi connectivity index (χ0v) is 33.1. The number of cyclic esters (lactones) is 1. The van der Waals surface area contributed by atoms with Crippen LogP contribution in [0.25, 0.3) is 0 Å². The third-order valence-corrected chi connectivity index (χ3v) is 11.8. The van der Waals surface area contributed by atoms with E-state index in [2.05, 4.69) is 40.0 Å². The predicted molar refractivity (Wildman–Crippen MR) is 208 cm³/mol. The Labute approximate surface area is 325 Å². The minimum atomic E-state index is -1.54. The van der Waals surface area contributed by atoms with Crippen LogP contribution in [0.2, 0.25) is 0 Å². The number of allylic oxidation sites excluding steroid dienone is 1. The second-order valence-corrected chi connectivity index (χ2v) is 15.5. The summed E-state index contributed by atoms with van der Waals surface area (Å²) in [6, 6.07) is 14.1. The van der Waals surface area contributed by atoms with Crippen molar-refractivity contribution in [3.8, 4) is 0 Å². The lowest BCUT2D eigenvalue weighted by atomic mass is 9.74. The van der Waals surface area contributed by atoms with Crippen LogP contribution in [0, 0.1) is 17.8 Å². The first-order valence-corrected chi connectivity index (χ1v) is 19.6. The highest BCUT2D eigenvalue weighted by molar-refractivity contribution is 9.11. The van der Waals surface area contributed by atoms with Crippen molar-refractivity contribution in [2.45, 2.75) is 76.5 Å². The number of likely N-dealkylation sites (tertiary alicyclic amines) is 1. The van der Waals surface area contributed by atoms with Gasteiger partial charge in [-0.05, 0) is 62.1 Å². The molecule has 5 bridgehead atoms. The van der Waals surface area contributed by atoms with Gasteiger partial charge in [0.2, 0.25) is 11.8 Å². The number of esters is 1. The number of methoxy groups -OCH3 is 1. The number of rotatable bonds is 10. The molecule has 2 aromatic rings. The van der Waals surface area contributed by atoms with Gasteiger partial charge in [0.25, 0.3) is 5.91 Å². The van der Waals surface area contributed by atoms with Crippen molar-refractivity contribution in [2.75, 3.05) is 49.8 Å². The van der Waals surface area contributed by atoms with E-state index in [-0.39, 0.29) is 31.4 Å². The highest BCUT2D eigenvalue weighted by atomic mass is 79.9. The quantitative estimate of drug-likeness (QED) is 0.262. The Kier molecular flexibility index (Phi) is 12.3. The Morgan fingerprint density at radius 1 is 1.00 bits per heavy atom. The fraction of sp³-hybridized carbons (Fsp3) is 0.512. The van der Waals surface area contributed by atoms with Gasteiger partial charge in [0.15, 0.2) is 0 Å². The fourth-order valence-corrected chi connectivity index (χ4v) is 9.23. The highest BCUT2D eigenvalue weighted by Crippen LogP contribution is 2.59. The number of fused-ring (bicyclic) bond motifs is 2. The number of nitrogens with one attached hydrogen (secondary N) is 1. The molecule has 54 heavy (non-hydrogen) atoms. The van der Waals surface area contributed by atoms with E-state index in [1.807, 2.05) is 68.5 Å². The first-order chi connectivity index (χ1) is 26.0. The molecule has 0 saturated carbocycles. The molecule has 12 nitrogen and oxygen atoms in total. The number of hydrogen-bond donors (Lipinski definition) is 2. The van der Waals surface area contributed by atoms with Crippen molar-refractivity contribution in [2.24, 2.45) is 17.8 Å². The van der Waals surface area contributed by atoms with Crippen molar-refractivity contribution >= 4 is 51.0 Å². The summed E-state index contributed by atoms with van der Waals surface area (Å²) < 4.78 is 19.1. The summed E-state index contributed by atoms with van der Waals surface area (Å²) in [5.74, 6) is -4.34. The standard InChI is InChI=1S/C41H51BrN4O8/c1-6-44(7-2)27-17-19-28(20-18-27)45-21-13-9-12-16-32(48)43-30(24-52-5)35(26-14-10-8-11-15-26)53-40(51)33-34-38(49)46(31(23-47)25(3)4)37(39(45)50)41(34)22-29(42)36(33)54-41/h8-11,13-15,17-20,22,25,30-31,33-37,47H,6-7,12,16,21,23-24H2,1-5H3,(H,43,48)/b13-9-/t30-,31-,33+,34-,35-,36+,37+,41-/m0/s1. The molecular formula is C41H51BrN4O8. The molecule has 2 fully saturated rings. The third kappa shape index (κ3) is 7.23. The van der Waals surface area contributed by atoms with Crippen LogP contribution in [-0.2, 0) is 33.4 Å². The number of ether oxygens (including phenoxy) is 3. The molecule has 4 aliphatic rings. The molecule has 8 atom stereocenters. The second kappa shape index (κ2) is 16.8. The molecular weight excluding hydrogens is 756 g/mol. The van der Waals surface area contributed by atoms with Gasteiger partial charge in [-0.2, -0.15) is 0 Å². The molecule has 13 heteroatoms. The molecule has 0 aromatic heterocycles. The minimum absolute atomic E-state index is 0.0495. The maximum Gasteiger partial charge on any atom is 0.313 e. The number of hydrogen-bond acceptors (Lipinski definition) is 9. The topological polar surface area (TPSA) is 138 Å². The largest absolute Gasteiger partial charge is 0.455 e. The van der Waals surface area contributed by atoms with Gasteiger partial charge in [0, 0.05) is 49.0 Å². The number of anilines is 2. The van der Waals surface area contributed by atoms with E-state index >= 15 is 4.79 Å². The lowest BCUT2D eigenvalue weighted by Crippen LogP contribution is -2.59. The van der Waals surface area contributed by atoms with Crippen LogP contribution in [0.15, 0.2) is 77.3 Å². The summed E-state index contributed by atoms with van der Waals surface area (Å²) in [4.78, 5) is 63.5.